The molecule has 0 fully saturated rings. The molecule has 4 heteroatoms. The molecule has 0 radical (unpaired) electrons. The average Bonchev–Trinajstić information content (AvgIpc) is 2.69. The van der Waals surface area contributed by atoms with Gasteiger partial charge >= 0.3 is 0 Å². The van der Waals surface area contributed by atoms with Crippen LogP contribution in [0.25, 0.3) is 0 Å². The van der Waals surface area contributed by atoms with Gasteiger partial charge < -0.3 is 10.2 Å². The average molecular weight is 395 g/mol. The van der Waals surface area contributed by atoms with Crippen molar-refractivity contribution in [1.29, 1.82) is 0 Å². The highest BCUT2D eigenvalue weighted by Gasteiger charge is 2.28. The Morgan fingerprint density at radius 1 is 0.966 bits per heavy atom. The number of hydrogen-bond donors (Lipinski definition) is 1. The third-order valence-electron chi connectivity index (χ3n) is 5.06. The Balaban J connectivity index is 2.21. The molecular weight excluding hydrogens is 360 g/mol. The van der Waals surface area contributed by atoms with E-state index >= 15 is 0 Å². The minimum Gasteiger partial charge on any atom is -0.354 e. The topological polar surface area (TPSA) is 49.4 Å². The van der Waals surface area contributed by atoms with Gasteiger partial charge in [-0.3, -0.25) is 9.59 Å². The second kappa shape index (κ2) is 11.4. The summed E-state index contributed by atoms with van der Waals surface area (Å²) in [4.78, 5) is 27.8. The van der Waals surface area contributed by atoms with Crippen LogP contribution in [-0.4, -0.2) is 35.8 Å². The Kier molecular flexibility index (Phi) is 8.91. The largest absolute Gasteiger partial charge is 0.354 e. The van der Waals surface area contributed by atoms with Crippen LogP contribution in [0, 0.1) is 13.8 Å². The lowest BCUT2D eigenvalue weighted by molar-refractivity contribution is -0.140. The summed E-state index contributed by atoms with van der Waals surface area (Å²) in [6, 6.07) is 15.9. The SMILES string of the molecule is CCCNC(=O)[C@H](CC)N(CCc1ccccc1)C(=O)Cc1cc(C)cc(C)c1. The van der Waals surface area contributed by atoms with Crippen molar-refractivity contribution in [2.45, 2.75) is 59.4 Å². The molecular formula is C25H34N2O2. The van der Waals surface area contributed by atoms with Gasteiger partial charge in [0.1, 0.15) is 6.04 Å². The summed E-state index contributed by atoms with van der Waals surface area (Å²) in [5.41, 5.74) is 4.47. The third kappa shape index (κ3) is 7.04. The van der Waals surface area contributed by atoms with Gasteiger partial charge in [-0.05, 0) is 44.2 Å². The standard InChI is InChI=1S/C25H34N2O2/c1-5-13-26-25(29)23(6-2)27(14-12-21-10-8-7-9-11-21)24(28)18-22-16-19(3)15-20(4)17-22/h7-11,15-17,23H,5-6,12-14,18H2,1-4H3,(H,26,29)/t23-/m0/s1. The van der Waals surface area contributed by atoms with E-state index in [1.54, 1.807) is 4.90 Å². The van der Waals surface area contributed by atoms with E-state index in [0.717, 1.165) is 29.5 Å². The van der Waals surface area contributed by atoms with E-state index in [0.29, 0.717) is 25.9 Å². The van der Waals surface area contributed by atoms with Crippen molar-refractivity contribution < 1.29 is 9.59 Å². The van der Waals surface area contributed by atoms with Gasteiger partial charge in [0.2, 0.25) is 11.8 Å². The number of benzene rings is 2. The Hall–Kier alpha value is -2.62. The van der Waals surface area contributed by atoms with Crippen molar-refractivity contribution in [3.63, 3.8) is 0 Å². The van der Waals surface area contributed by atoms with Crippen molar-refractivity contribution in [3.8, 4) is 0 Å². The molecule has 0 bridgehead atoms. The molecule has 156 valence electrons. The summed E-state index contributed by atoms with van der Waals surface area (Å²) in [7, 11) is 0. The third-order valence-corrected chi connectivity index (χ3v) is 5.06. The fourth-order valence-electron chi connectivity index (χ4n) is 3.71. The maximum absolute atomic E-state index is 13.3. The first kappa shape index (κ1) is 22.7. The molecule has 2 amide bonds. The molecule has 0 aliphatic rings. The van der Waals surface area contributed by atoms with Crippen molar-refractivity contribution in [2.24, 2.45) is 0 Å². The van der Waals surface area contributed by atoms with Crippen LogP contribution in [0.4, 0.5) is 0 Å². The Labute approximate surface area is 175 Å². The first-order valence-corrected chi connectivity index (χ1v) is 10.6. The number of nitrogens with zero attached hydrogens (tertiary/aromatic N) is 1. The van der Waals surface area contributed by atoms with Crippen LogP contribution in [0.15, 0.2) is 48.5 Å². The van der Waals surface area contributed by atoms with Crippen LogP contribution in [0.2, 0.25) is 0 Å². The molecule has 1 N–H and O–H groups in total. The van der Waals surface area contributed by atoms with Crippen LogP contribution < -0.4 is 5.32 Å². The zero-order valence-corrected chi connectivity index (χ0v) is 18.2. The summed E-state index contributed by atoms with van der Waals surface area (Å²) >= 11 is 0. The van der Waals surface area contributed by atoms with Crippen molar-refractivity contribution >= 4 is 11.8 Å². The molecule has 1 atom stereocenters. The van der Waals surface area contributed by atoms with Crippen LogP contribution >= 0.6 is 0 Å². The summed E-state index contributed by atoms with van der Waals surface area (Å²) in [6.07, 6.45) is 2.53. The van der Waals surface area contributed by atoms with Crippen LogP contribution in [0.5, 0.6) is 0 Å². The molecule has 4 nitrogen and oxygen atoms in total. The number of carbonyl (C=O) groups excluding carboxylic acids is 2. The van der Waals surface area contributed by atoms with Gasteiger partial charge in [-0.2, -0.15) is 0 Å². The molecule has 0 spiro atoms. The van der Waals surface area contributed by atoms with Gasteiger partial charge in [-0.1, -0.05) is 73.5 Å². The Morgan fingerprint density at radius 2 is 1.62 bits per heavy atom. The van der Waals surface area contributed by atoms with E-state index in [4.69, 9.17) is 0 Å². The maximum Gasteiger partial charge on any atom is 0.242 e. The Bertz CT molecular complexity index is 781. The van der Waals surface area contributed by atoms with Gasteiger partial charge in [-0.15, -0.1) is 0 Å². The lowest BCUT2D eigenvalue weighted by Gasteiger charge is -2.31. The lowest BCUT2D eigenvalue weighted by atomic mass is 10.0. The van der Waals surface area contributed by atoms with E-state index in [-0.39, 0.29) is 11.8 Å². The number of hydrogen-bond acceptors (Lipinski definition) is 2. The fourth-order valence-corrected chi connectivity index (χ4v) is 3.71. The van der Waals surface area contributed by atoms with E-state index in [9.17, 15) is 9.59 Å². The van der Waals surface area contributed by atoms with Gasteiger partial charge in [0, 0.05) is 13.1 Å². The number of carbonyl (C=O) groups is 2. The molecule has 0 saturated heterocycles. The second-order valence-electron chi connectivity index (χ2n) is 7.71. The van der Waals surface area contributed by atoms with Gasteiger partial charge in [0.25, 0.3) is 0 Å². The minimum atomic E-state index is -0.441. The first-order chi connectivity index (χ1) is 13.9. The zero-order valence-electron chi connectivity index (χ0n) is 18.2. The van der Waals surface area contributed by atoms with Crippen LogP contribution in [0.3, 0.4) is 0 Å². The smallest absolute Gasteiger partial charge is 0.242 e. The van der Waals surface area contributed by atoms with E-state index in [1.165, 1.54) is 5.56 Å². The summed E-state index contributed by atoms with van der Waals surface area (Å²) in [6.45, 7) is 9.25. The highest BCUT2D eigenvalue weighted by Crippen LogP contribution is 2.14. The highest BCUT2D eigenvalue weighted by molar-refractivity contribution is 5.88. The van der Waals surface area contributed by atoms with Crippen molar-refractivity contribution in [2.75, 3.05) is 13.1 Å². The normalized spacial score (nSPS) is 11.7. The van der Waals surface area contributed by atoms with Gasteiger partial charge in [-0.25, -0.2) is 0 Å². The molecule has 0 heterocycles. The van der Waals surface area contributed by atoms with Crippen LogP contribution in [0.1, 0.15) is 48.9 Å². The van der Waals surface area contributed by atoms with E-state index in [2.05, 4.69) is 35.6 Å². The maximum atomic E-state index is 13.3. The molecule has 2 rings (SSSR count). The molecule has 0 aliphatic carbocycles. The second-order valence-corrected chi connectivity index (χ2v) is 7.71. The van der Waals surface area contributed by atoms with Crippen molar-refractivity contribution in [3.05, 3.63) is 70.8 Å². The number of rotatable bonds is 10. The van der Waals surface area contributed by atoms with Gasteiger partial charge in [0.05, 0.1) is 6.42 Å². The molecule has 0 aromatic heterocycles. The molecule has 2 aromatic rings. The quantitative estimate of drug-likeness (QED) is 0.656. The minimum absolute atomic E-state index is 0.00410. The van der Waals surface area contributed by atoms with Crippen molar-refractivity contribution in [1.82, 2.24) is 10.2 Å². The molecule has 2 aromatic carbocycles. The first-order valence-electron chi connectivity index (χ1n) is 10.6. The molecule has 0 unspecified atom stereocenters. The molecule has 0 saturated carbocycles. The number of amides is 2. The predicted octanol–water partition coefficient (Wildman–Crippen LogP) is 4.22. The van der Waals surface area contributed by atoms with E-state index in [1.807, 2.05) is 45.9 Å². The summed E-state index contributed by atoms with van der Waals surface area (Å²) in [5.74, 6) is -0.0550. The predicted molar refractivity (Wildman–Crippen MR) is 119 cm³/mol. The lowest BCUT2D eigenvalue weighted by Crippen LogP contribution is -2.50. The Morgan fingerprint density at radius 3 is 2.21 bits per heavy atom. The number of aryl methyl sites for hydroxylation is 2. The monoisotopic (exact) mass is 394 g/mol. The fraction of sp³-hybridized carbons (Fsp3) is 0.440. The number of nitrogens with one attached hydrogen (secondary N) is 1. The summed E-state index contributed by atoms with van der Waals surface area (Å²) in [5, 5.41) is 2.97. The van der Waals surface area contributed by atoms with E-state index < -0.39 is 6.04 Å². The summed E-state index contributed by atoms with van der Waals surface area (Å²) < 4.78 is 0. The van der Waals surface area contributed by atoms with Crippen LogP contribution in [-0.2, 0) is 22.4 Å². The zero-order chi connectivity index (χ0) is 21.2. The molecule has 0 aliphatic heterocycles. The highest BCUT2D eigenvalue weighted by atomic mass is 16.2. The molecule has 29 heavy (non-hydrogen) atoms. The van der Waals surface area contributed by atoms with Gasteiger partial charge in [0.15, 0.2) is 0 Å².